The Balaban J connectivity index is 1.37. The fourth-order valence-corrected chi connectivity index (χ4v) is 4.63. The van der Waals surface area contributed by atoms with Gasteiger partial charge in [-0.25, -0.2) is 13.8 Å². The number of carbonyl (C=O) groups excluding carboxylic acids is 1. The van der Waals surface area contributed by atoms with Crippen LogP contribution in [0.25, 0.3) is 11.3 Å². The molecule has 1 N–H and O–H groups in total. The van der Waals surface area contributed by atoms with Gasteiger partial charge in [0.2, 0.25) is 5.91 Å². The van der Waals surface area contributed by atoms with Gasteiger partial charge < -0.3 is 9.88 Å². The van der Waals surface area contributed by atoms with Crippen LogP contribution in [0, 0.1) is 11.6 Å². The molecule has 2 heterocycles. The van der Waals surface area contributed by atoms with E-state index in [4.69, 9.17) is 0 Å². The average molecular weight is 472 g/mol. The Hall–Kier alpha value is -3.11. The van der Waals surface area contributed by atoms with E-state index in [1.165, 1.54) is 11.8 Å². The van der Waals surface area contributed by atoms with Crippen LogP contribution in [0.15, 0.2) is 59.1 Å². The second-order valence-corrected chi connectivity index (χ2v) is 8.60. The minimum absolute atomic E-state index is 0.0538. The number of nitrogens with zero attached hydrogens (tertiary/aromatic N) is 4. The fourth-order valence-electron chi connectivity index (χ4n) is 3.09. The first kappa shape index (κ1) is 22.1. The highest BCUT2D eigenvalue weighted by Crippen LogP contribution is 2.28. The number of carbonyl (C=O) groups is 1. The number of aromatic nitrogens is 4. The van der Waals surface area contributed by atoms with Crippen molar-refractivity contribution >= 4 is 34.1 Å². The van der Waals surface area contributed by atoms with Gasteiger partial charge in [-0.05, 0) is 30.7 Å². The number of rotatable bonds is 8. The van der Waals surface area contributed by atoms with Crippen LogP contribution in [0.5, 0.6) is 0 Å². The van der Waals surface area contributed by atoms with Gasteiger partial charge in [-0.3, -0.25) is 4.79 Å². The molecule has 2 aromatic heterocycles. The highest BCUT2D eigenvalue weighted by atomic mass is 32.2. The summed E-state index contributed by atoms with van der Waals surface area (Å²) in [4.78, 5) is 16.6. The number of nitrogens with one attached hydrogen (secondary N) is 1. The van der Waals surface area contributed by atoms with Crippen molar-refractivity contribution in [3.05, 3.63) is 76.9 Å². The van der Waals surface area contributed by atoms with Gasteiger partial charge in [-0.1, -0.05) is 42.1 Å². The Morgan fingerprint density at radius 1 is 1.16 bits per heavy atom. The summed E-state index contributed by atoms with van der Waals surface area (Å²) in [6.07, 6.45) is 0.660. The van der Waals surface area contributed by atoms with E-state index in [1.54, 1.807) is 5.38 Å². The normalized spacial score (nSPS) is 11.0. The van der Waals surface area contributed by atoms with Gasteiger partial charge in [0.25, 0.3) is 0 Å². The molecule has 0 aliphatic rings. The van der Waals surface area contributed by atoms with Crippen LogP contribution >= 0.6 is 23.1 Å². The molecule has 4 rings (SSSR count). The molecule has 0 atom stereocenters. The number of thioether (sulfide) groups is 1. The molecule has 0 spiro atoms. The highest BCUT2D eigenvalue weighted by Gasteiger charge is 2.15. The SMILES string of the molecule is CCn1c(Cc2ccccc2)nnc1SCC(=O)Nc1nc(-c2cc(F)ccc2F)cs1. The third-order valence-electron chi connectivity index (χ3n) is 4.60. The van der Waals surface area contributed by atoms with Gasteiger partial charge >= 0.3 is 0 Å². The molecular weight excluding hydrogens is 452 g/mol. The van der Waals surface area contributed by atoms with Crippen LogP contribution in [-0.4, -0.2) is 31.4 Å². The highest BCUT2D eigenvalue weighted by molar-refractivity contribution is 7.99. The number of hydrogen-bond acceptors (Lipinski definition) is 6. The smallest absolute Gasteiger partial charge is 0.236 e. The maximum Gasteiger partial charge on any atom is 0.236 e. The minimum atomic E-state index is -0.574. The van der Waals surface area contributed by atoms with Crippen molar-refractivity contribution in [2.45, 2.75) is 25.0 Å². The summed E-state index contributed by atoms with van der Waals surface area (Å²) >= 11 is 2.43. The van der Waals surface area contributed by atoms with E-state index in [9.17, 15) is 13.6 Å². The monoisotopic (exact) mass is 471 g/mol. The van der Waals surface area contributed by atoms with Gasteiger partial charge in [0.1, 0.15) is 17.5 Å². The third-order valence-corrected chi connectivity index (χ3v) is 6.33. The van der Waals surface area contributed by atoms with Crippen molar-refractivity contribution in [3.63, 3.8) is 0 Å². The molecule has 4 aromatic rings. The zero-order chi connectivity index (χ0) is 22.5. The van der Waals surface area contributed by atoms with Crippen LogP contribution < -0.4 is 5.32 Å². The van der Waals surface area contributed by atoms with Crippen molar-refractivity contribution in [2.24, 2.45) is 0 Å². The predicted octanol–water partition coefficient (Wildman–Crippen LogP) is 5.02. The van der Waals surface area contributed by atoms with Crippen LogP contribution in [0.1, 0.15) is 18.3 Å². The average Bonchev–Trinajstić information content (AvgIpc) is 3.41. The number of benzene rings is 2. The van der Waals surface area contributed by atoms with Gasteiger partial charge in [-0.2, -0.15) is 0 Å². The molecule has 164 valence electrons. The molecule has 0 aliphatic heterocycles. The van der Waals surface area contributed by atoms with E-state index in [0.29, 0.717) is 23.3 Å². The molecule has 0 saturated carbocycles. The Labute approximate surface area is 191 Å². The molecule has 2 aromatic carbocycles. The number of halogens is 2. The molecule has 0 aliphatic carbocycles. The summed E-state index contributed by atoms with van der Waals surface area (Å²) in [6.45, 7) is 2.69. The Bertz CT molecular complexity index is 1230. The molecule has 0 saturated heterocycles. The maximum absolute atomic E-state index is 13.9. The van der Waals surface area contributed by atoms with Crippen LogP contribution in [-0.2, 0) is 17.8 Å². The first-order chi connectivity index (χ1) is 15.5. The Morgan fingerprint density at radius 3 is 2.75 bits per heavy atom. The Morgan fingerprint density at radius 2 is 1.97 bits per heavy atom. The van der Waals surface area contributed by atoms with E-state index in [2.05, 4.69) is 20.5 Å². The molecule has 32 heavy (non-hydrogen) atoms. The predicted molar refractivity (Wildman–Crippen MR) is 122 cm³/mol. The first-order valence-electron chi connectivity index (χ1n) is 9.83. The van der Waals surface area contributed by atoms with Gasteiger partial charge in [0, 0.05) is 23.9 Å². The number of anilines is 1. The van der Waals surface area contributed by atoms with Crippen molar-refractivity contribution in [3.8, 4) is 11.3 Å². The van der Waals surface area contributed by atoms with Crippen molar-refractivity contribution < 1.29 is 13.6 Å². The number of thiazole rings is 1. The fraction of sp³-hybridized carbons (Fsp3) is 0.182. The molecule has 1 amide bonds. The van der Waals surface area contributed by atoms with Crippen LogP contribution in [0.4, 0.5) is 13.9 Å². The van der Waals surface area contributed by atoms with Crippen LogP contribution in [0.2, 0.25) is 0 Å². The molecule has 0 radical (unpaired) electrons. The quantitative estimate of drug-likeness (QED) is 0.365. The third kappa shape index (κ3) is 5.20. The molecular formula is C22H19F2N5OS2. The molecule has 0 bridgehead atoms. The summed E-state index contributed by atoms with van der Waals surface area (Å²) in [5.74, 6) is -0.445. The van der Waals surface area contributed by atoms with E-state index in [-0.39, 0.29) is 22.9 Å². The second kappa shape index (κ2) is 10.0. The topological polar surface area (TPSA) is 72.7 Å². The molecule has 10 heteroatoms. The number of amides is 1. The number of hydrogen-bond donors (Lipinski definition) is 1. The lowest BCUT2D eigenvalue weighted by Crippen LogP contribution is -2.14. The molecule has 0 fully saturated rings. The van der Waals surface area contributed by atoms with E-state index in [1.807, 2.05) is 41.8 Å². The first-order valence-corrected chi connectivity index (χ1v) is 11.7. The van der Waals surface area contributed by atoms with Crippen molar-refractivity contribution in [1.82, 2.24) is 19.7 Å². The minimum Gasteiger partial charge on any atom is -0.306 e. The standard InChI is InChI=1S/C22H19F2N5OS2/c1-2-29-19(10-14-6-4-3-5-7-14)27-28-22(29)32-13-20(30)26-21-25-18(12-31-21)16-11-15(23)8-9-17(16)24/h3-9,11-12H,2,10,13H2,1H3,(H,25,26,30). The second-order valence-electron chi connectivity index (χ2n) is 6.80. The van der Waals surface area contributed by atoms with E-state index < -0.39 is 11.6 Å². The van der Waals surface area contributed by atoms with Crippen LogP contribution in [0.3, 0.4) is 0 Å². The summed E-state index contributed by atoms with van der Waals surface area (Å²) in [5.41, 5.74) is 1.46. The summed E-state index contributed by atoms with van der Waals surface area (Å²) in [6, 6.07) is 13.2. The lowest BCUT2D eigenvalue weighted by atomic mass is 10.1. The van der Waals surface area contributed by atoms with Crippen molar-refractivity contribution in [2.75, 3.05) is 11.1 Å². The maximum atomic E-state index is 13.9. The van der Waals surface area contributed by atoms with Crippen molar-refractivity contribution in [1.29, 1.82) is 0 Å². The van der Waals surface area contributed by atoms with E-state index >= 15 is 0 Å². The molecule has 0 unspecified atom stereocenters. The largest absolute Gasteiger partial charge is 0.306 e. The lowest BCUT2D eigenvalue weighted by molar-refractivity contribution is -0.113. The van der Waals surface area contributed by atoms with Gasteiger partial charge in [0.05, 0.1) is 11.4 Å². The van der Waals surface area contributed by atoms with E-state index in [0.717, 1.165) is 40.9 Å². The summed E-state index contributed by atoms with van der Waals surface area (Å²) in [5, 5.41) is 13.8. The van der Waals surface area contributed by atoms with Gasteiger partial charge in [0.15, 0.2) is 10.3 Å². The zero-order valence-corrected chi connectivity index (χ0v) is 18.7. The summed E-state index contributed by atoms with van der Waals surface area (Å²) < 4.78 is 29.3. The Kier molecular flexibility index (Phi) is 6.91. The zero-order valence-electron chi connectivity index (χ0n) is 17.1. The molecule has 6 nitrogen and oxygen atoms in total. The summed E-state index contributed by atoms with van der Waals surface area (Å²) in [7, 11) is 0. The van der Waals surface area contributed by atoms with Gasteiger partial charge in [-0.15, -0.1) is 21.5 Å². The lowest BCUT2D eigenvalue weighted by Gasteiger charge is -2.07.